The van der Waals surface area contributed by atoms with Crippen LogP contribution in [0.5, 0.6) is 0 Å². The first-order chi connectivity index (χ1) is 12.5. The number of hydrogen-bond acceptors (Lipinski definition) is 3. The molecule has 1 aromatic carbocycles. The number of rotatable bonds is 2. The maximum atomic E-state index is 4.63. The Labute approximate surface area is 155 Å². The minimum absolute atomic E-state index is 0.393. The summed E-state index contributed by atoms with van der Waals surface area (Å²) in [6.45, 7) is 8.57. The summed E-state index contributed by atoms with van der Waals surface area (Å²) in [5.74, 6) is 1.84. The second-order valence-corrected chi connectivity index (χ2v) is 7.29. The first-order valence-electron chi connectivity index (χ1n) is 9.43. The molecule has 1 aliphatic rings. The van der Waals surface area contributed by atoms with E-state index in [-0.39, 0.29) is 0 Å². The van der Waals surface area contributed by atoms with Crippen LogP contribution < -0.4 is 10.6 Å². The monoisotopic (exact) mass is 345 g/mol. The predicted octanol–water partition coefficient (Wildman–Crippen LogP) is 4.31. The highest BCUT2D eigenvalue weighted by Crippen LogP contribution is 2.14. The Morgan fingerprint density at radius 2 is 1.58 bits per heavy atom. The van der Waals surface area contributed by atoms with Gasteiger partial charge in [-0.1, -0.05) is 64.1 Å². The molecule has 0 atom stereocenters. The smallest absolute Gasteiger partial charge is 0.131 e. The molecule has 1 aliphatic carbocycles. The van der Waals surface area contributed by atoms with Gasteiger partial charge in [0.15, 0.2) is 0 Å². The minimum Gasteiger partial charge on any atom is -0.253 e. The number of pyridine rings is 1. The molecule has 0 N–H and O–H groups in total. The molecule has 0 aliphatic heterocycles. The molecule has 0 radical (unpaired) electrons. The Morgan fingerprint density at radius 1 is 0.808 bits per heavy atom. The van der Waals surface area contributed by atoms with Gasteiger partial charge in [0, 0.05) is 23.2 Å². The van der Waals surface area contributed by atoms with Gasteiger partial charge in [0.1, 0.15) is 5.82 Å². The van der Waals surface area contributed by atoms with Crippen molar-refractivity contribution in [2.75, 3.05) is 0 Å². The number of nitrogens with zero attached hydrogens (tertiary/aromatic N) is 3. The van der Waals surface area contributed by atoms with Crippen molar-refractivity contribution < 1.29 is 0 Å². The minimum atomic E-state index is 0.393. The third-order valence-electron chi connectivity index (χ3n) is 4.46. The first kappa shape index (κ1) is 18.2. The Kier molecular flexibility index (Phi) is 5.77. The molecule has 134 valence electrons. The number of para-hydroxylation sites is 1. The van der Waals surface area contributed by atoms with E-state index in [9.17, 15) is 0 Å². The third kappa shape index (κ3) is 4.34. The van der Waals surface area contributed by atoms with E-state index in [1.165, 1.54) is 16.3 Å². The van der Waals surface area contributed by atoms with Crippen molar-refractivity contribution in [2.45, 2.75) is 52.4 Å². The summed E-state index contributed by atoms with van der Waals surface area (Å²) < 4.78 is 0. The van der Waals surface area contributed by atoms with Gasteiger partial charge in [-0.05, 0) is 36.1 Å². The van der Waals surface area contributed by atoms with Gasteiger partial charge in [0.25, 0.3) is 0 Å². The maximum Gasteiger partial charge on any atom is 0.131 e. The van der Waals surface area contributed by atoms with Crippen molar-refractivity contribution in [3.63, 3.8) is 0 Å². The van der Waals surface area contributed by atoms with Crippen LogP contribution in [0.3, 0.4) is 0 Å². The molecule has 3 aromatic rings. The number of hydrogen-bond donors (Lipinski definition) is 0. The lowest BCUT2D eigenvalue weighted by Crippen LogP contribution is -2.30. The SMILES string of the molecule is CC(C)c1ccc2c(n1)=CCCC=2.CC(C)c1ncc2ccccc2n1. The van der Waals surface area contributed by atoms with Crippen molar-refractivity contribution in [3.8, 4) is 0 Å². The number of benzene rings is 1. The zero-order chi connectivity index (χ0) is 18.5. The molecule has 2 aromatic heterocycles. The van der Waals surface area contributed by atoms with Gasteiger partial charge in [0.05, 0.1) is 10.9 Å². The van der Waals surface area contributed by atoms with Crippen LogP contribution in [0.25, 0.3) is 23.1 Å². The average Bonchev–Trinajstić information content (AvgIpc) is 2.67. The van der Waals surface area contributed by atoms with Crippen LogP contribution >= 0.6 is 0 Å². The normalized spacial score (nSPS) is 12.8. The zero-order valence-electron chi connectivity index (χ0n) is 16.1. The van der Waals surface area contributed by atoms with Crippen LogP contribution in [0, 0.1) is 0 Å². The van der Waals surface area contributed by atoms with Crippen LogP contribution in [0.2, 0.25) is 0 Å². The molecule has 0 spiro atoms. The molecule has 0 bridgehead atoms. The lowest BCUT2D eigenvalue weighted by Gasteiger charge is -2.05. The van der Waals surface area contributed by atoms with Gasteiger partial charge in [0.2, 0.25) is 0 Å². The topological polar surface area (TPSA) is 38.7 Å². The molecular weight excluding hydrogens is 318 g/mol. The number of fused-ring (bicyclic) bond motifs is 2. The summed E-state index contributed by atoms with van der Waals surface area (Å²) in [5.41, 5.74) is 2.23. The summed E-state index contributed by atoms with van der Waals surface area (Å²) in [7, 11) is 0. The molecule has 0 unspecified atom stereocenters. The van der Waals surface area contributed by atoms with E-state index in [0.717, 1.165) is 29.6 Å². The largest absolute Gasteiger partial charge is 0.253 e. The highest BCUT2D eigenvalue weighted by Gasteiger charge is 2.03. The lowest BCUT2D eigenvalue weighted by molar-refractivity contribution is 0.783. The van der Waals surface area contributed by atoms with Gasteiger partial charge >= 0.3 is 0 Å². The van der Waals surface area contributed by atoms with Gasteiger partial charge in [-0.15, -0.1) is 0 Å². The fourth-order valence-corrected chi connectivity index (χ4v) is 2.88. The van der Waals surface area contributed by atoms with Crippen LogP contribution in [0.4, 0.5) is 0 Å². The van der Waals surface area contributed by atoms with Gasteiger partial charge < -0.3 is 0 Å². The fourth-order valence-electron chi connectivity index (χ4n) is 2.88. The van der Waals surface area contributed by atoms with Crippen molar-refractivity contribution in [1.82, 2.24) is 15.0 Å². The highest BCUT2D eigenvalue weighted by atomic mass is 14.9. The summed E-state index contributed by atoms with van der Waals surface area (Å²) in [4.78, 5) is 13.4. The van der Waals surface area contributed by atoms with E-state index in [0.29, 0.717) is 11.8 Å². The van der Waals surface area contributed by atoms with E-state index >= 15 is 0 Å². The predicted molar refractivity (Wildman–Crippen MR) is 109 cm³/mol. The molecule has 0 amide bonds. The fraction of sp³-hybridized carbons (Fsp3) is 0.348. The molecule has 0 saturated heterocycles. The Bertz CT molecular complexity index is 1000. The van der Waals surface area contributed by atoms with Crippen LogP contribution in [0.1, 0.15) is 63.9 Å². The second-order valence-electron chi connectivity index (χ2n) is 7.29. The van der Waals surface area contributed by atoms with Crippen LogP contribution in [-0.4, -0.2) is 15.0 Å². The molecule has 0 fully saturated rings. The van der Waals surface area contributed by atoms with Gasteiger partial charge in [-0.3, -0.25) is 4.98 Å². The summed E-state index contributed by atoms with van der Waals surface area (Å²) >= 11 is 0. The molecule has 26 heavy (non-hydrogen) atoms. The Balaban J connectivity index is 0.000000151. The lowest BCUT2D eigenvalue weighted by atomic mass is 10.1. The molecule has 4 rings (SSSR count). The van der Waals surface area contributed by atoms with Crippen molar-refractivity contribution in [3.05, 3.63) is 64.7 Å². The Morgan fingerprint density at radius 3 is 2.35 bits per heavy atom. The Hall–Kier alpha value is -2.55. The van der Waals surface area contributed by atoms with Crippen molar-refractivity contribution >= 4 is 23.1 Å². The molecule has 0 saturated carbocycles. The van der Waals surface area contributed by atoms with E-state index in [4.69, 9.17) is 0 Å². The van der Waals surface area contributed by atoms with E-state index < -0.39 is 0 Å². The van der Waals surface area contributed by atoms with Crippen molar-refractivity contribution in [2.24, 2.45) is 0 Å². The third-order valence-corrected chi connectivity index (χ3v) is 4.46. The van der Waals surface area contributed by atoms with E-state index in [1.807, 2.05) is 30.5 Å². The van der Waals surface area contributed by atoms with Crippen LogP contribution in [0.15, 0.2) is 42.6 Å². The second kappa shape index (κ2) is 8.22. The highest BCUT2D eigenvalue weighted by molar-refractivity contribution is 5.77. The maximum absolute atomic E-state index is 4.63. The average molecular weight is 345 g/mol. The molecule has 3 nitrogen and oxygen atoms in total. The quantitative estimate of drug-likeness (QED) is 0.694. The standard InChI is InChI=1S/C12H15N.C11H12N2/c1-9(2)11-8-7-10-5-3-4-6-12(10)13-11;1-8(2)11-12-7-9-5-3-4-6-10(9)13-11/h5-9H,3-4H2,1-2H3;3-8H,1-2H3. The van der Waals surface area contributed by atoms with Crippen molar-refractivity contribution in [1.29, 1.82) is 0 Å². The molecule has 3 heteroatoms. The molecular formula is C23H27N3. The first-order valence-corrected chi connectivity index (χ1v) is 9.43. The van der Waals surface area contributed by atoms with E-state index in [2.05, 4.69) is 66.9 Å². The zero-order valence-corrected chi connectivity index (χ0v) is 16.1. The van der Waals surface area contributed by atoms with E-state index in [1.54, 1.807) is 0 Å². The summed E-state index contributed by atoms with van der Waals surface area (Å²) in [6.07, 6.45) is 8.70. The summed E-state index contributed by atoms with van der Waals surface area (Å²) in [6, 6.07) is 12.4. The van der Waals surface area contributed by atoms with Gasteiger partial charge in [-0.2, -0.15) is 0 Å². The van der Waals surface area contributed by atoms with Crippen LogP contribution in [-0.2, 0) is 0 Å². The molecule has 2 heterocycles. The number of aromatic nitrogens is 3. The summed E-state index contributed by atoms with van der Waals surface area (Å²) in [5, 5.41) is 3.58. The van der Waals surface area contributed by atoms with Gasteiger partial charge in [-0.25, -0.2) is 9.97 Å².